The van der Waals surface area contributed by atoms with Crippen molar-refractivity contribution < 1.29 is 14.0 Å². The highest BCUT2D eigenvalue weighted by molar-refractivity contribution is 6.30. The molecule has 6 heteroatoms. The van der Waals surface area contributed by atoms with Crippen molar-refractivity contribution in [2.45, 2.75) is 25.9 Å². The van der Waals surface area contributed by atoms with Gasteiger partial charge in [0.15, 0.2) is 0 Å². The van der Waals surface area contributed by atoms with Gasteiger partial charge >= 0.3 is 0 Å². The Bertz CT molecular complexity index is 623. The van der Waals surface area contributed by atoms with Crippen molar-refractivity contribution in [3.63, 3.8) is 0 Å². The molecule has 0 aliphatic rings. The number of halogens is 1. The smallest absolute Gasteiger partial charge is 0.242 e. The van der Waals surface area contributed by atoms with E-state index in [1.54, 1.807) is 49.6 Å². The molecule has 0 saturated heterocycles. The number of amides is 2. The van der Waals surface area contributed by atoms with E-state index < -0.39 is 6.04 Å². The lowest BCUT2D eigenvalue weighted by Crippen LogP contribution is -2.45. The van der Waals surface area contributed by atoms with Gasteiger partial charge in [-0.25, -0.2) is 0 Å². The lowest BCUT2D eigenvalue weighted by molar-refractivity contribution is -0.128. The van der Waals surface area contributed by atoms with Crippen LogP contribution in [0.1, 0.15) is 18.2 Å². The largest absolute Gasteiger partial charge is 0.467 e. The number of carbonyl (C=O) groups is 2. The quantitative estimate of drug-likeness (QED) is 0.858. The summed E-state index contributed by atoms with van der Waals surface area (Å²) in [6.45, 7) is 1.93. The summed E-state index contributed by atoms with van der Waals surface area (Å²) in [6.07, 6.45) is 1.74. The molecule has 0 unspecified atom stereocenters. The highest BCUT2D eigenvalue weighted by Gasteiger charge is 2.15. The summed E-state index contributed by atoms with van der Waals surface area (Å²) in [5.74, 6) is 0.178. The van der Waals surface area contributed by atoms with Crippen molar-refractivity contribution in [3.05, 3.63) is 59.0 Å². The Kier molecular flexibility index (Phi) is 5.61. The van der Waals surface area contributed by atoms with Gasteiger partial charge in [0, 0.05) is 5.02 Å². The van der Waals surface area contributed by atoms with E-state index in [1.807, 2.05) is 0 Å². The average Bonchev–Trinajstić information content (AvgIpc) is 3.00. The van der Waals surface area contributed by atoms with E-state index in [4.69, 9.17) is 16.0 Å². The van der Waals surface area contributed by atoms with E-state index in [0.29, 0.717) is 17.3 Å². The number of benzene rings is 1. The highest BCUT2D eigenvalue weighted by Crippen LogP contribution is 2.09. The zero-order valence-corrected chi connectivity index (χ0v) is 12.9. The first-order valence-electron chi connectivity index (χ1n) is 6.88. The van der Waals surface area contributed by atoms with Crippen LogP contribution in [-0.2, 0) is 22.6 Å². The van der Waals surface area contributed by atoms with Crippen LogP contribution in [0.3, 0.4) is 0 Å². The van der Waals surface area contributed by atoms with Crippen molar-refractivity contribution in [1.82, 2.24) is 10.6 Å². The molecule has 22 heavy (non-hydrogen) atoms. The van der Waals surface area contributed by atoms with Gasteiger partial charge in [0.2, 0.25) is 11.8 Å². The molecule has 1 aromatic carbocycles. The van der Waals surface area contributed by atoms with E-state index in [-0.39, 0.29) is 18.2 Å². The van der Waals surface area contributed by atoms with Crippen molar-refractivity contribution in [1.29, 1.82) is 0 Å². The maximum absolute atomic E-state index is 11.9. The second-order valence-corrected chi connectivity index (χ2v) is 5.33. The molecule has 0 aliphatic carbocycles. The standard InChI is InChI=1S/C16H17ClN2O3/c1-11(16(21)18-10-14-3-2-8-22-14)19-15(20)9-12-4-6-13(17)7-5-12/h2-8,11H,9-10H2,1H3,(H,18,21)(H,19,20)/t11-/m1/s1. The molecule has 1 atom stereocenters. The molecule has 116 valence electrons. The van der Waals surface area contributed by atoms with Crippen LogP contribution >= 0.6 is 11.6 Å². The fourth-order valence-corrected chi connectivity index (χ4v) is 2.01. The normalized spacial score (nSPS) is 11.7. The van der Waals surface area contributed by atoms with E-state index in [1.165, 1.54) is 0 Å². The van der Waals surface area contributed by atoms with Gasteiger partial charge in [0.1, 0.15) is 11.8 Å². The van der Waals surface area contributed by atoms with Gasteiger partial charge in [-0.15, -0.1) is 0 Å². The van der Waals surface area contributed by atoms with Crippen molar-refractivity contribution in [3.8, 4) is 0 Å². The maximum atomic E-state index is 11.9. The molecule has 2 amide bonds. The molecule has 0 spiro atoms. The second-order valence-electron chi connectivity index (χ2n) is 4.89. The van der Waals surface area contributed by atoms with Gasteiger partial charge < -0.3 is 15.1 Å². The minimum Gasteiger partial charge on any atom is -0.467 e. The predicted molar refractivity (Wildman–Crippen MR) is 83.3 cm³/mol. The van der Waals surface area contributed by atoms with Gasteiger partial charge in [-0.2, -0.15) is 0 Å². The fraction of sp³-hybridized carbons (Fsp3) is 0.250. The first-order valence-corrected chi connectivity index (χ1v) is 7.26. The van der Waals surface area contributed by atoms with E-state index in [0.717, 1.165) is 5.56 Å². The molecule has 2 rings (SSSR count). The first kappa shape index (κ1) is 16.1. The maximum Gasteiger partial charge on any atom is 0.242 e. The Morgan fingerprint density at radius 3 is 2.59 bits per heavy atom. The van der Waals surface area contributed by atoms with Crippen molar-refractivity contribution in [2.24, 2.45) is 0 Å². The molecular weight excluding hydrogens is 304 g/mol. The highest BCUT2D eigenvalue weighted by atomic mass is 35.5. The molecule has 2 aromatic rings. The third-order valence-electron chi connectivity index (χ3n) is 3.07. The van der Waals surface area contributed by atoms with Gasteiger partial charge in [-0.05, 0) is 36.8 Å². The Hall–Kier alpha value is -2.27. The average molecular weight is 321 g/mol. The van der Waals surface area contributed by atoms with Gasteiger partial charge in [-0.1, -0.05) is 23.7 Å². The monoisotopic (exact) mass is 320 g/mol. The van der Waals surface area contributed by atoms with Gasteiger partial charge in [0.25, 0.3) is 0 Å². The number of furan rings is 1. The number of carbonyl (C=O) groups excluding carboxylic acids is 2. The molecule has 0 saturated carbocycles. The van der Waals surface area contributed by atoms with Gasteiger partial charge in [0.05, 0.1) is 19.2 Å². The van der Waals surface area contributed by atoms with Crippen LogP contribution in [0.5, 0.6) is 0 Å². The zero-order valence-electron chi connectivity index (χ0n) is 12.1. The first-order chi connectivity index (χ1) is 10.5. The molecule has 0 aliphatic heterocycles. The van der Waals surface area contributed by atoms with Crippen LogP contribution in [0.15, 0.2) is 47.1 Å². The number of nitrogens with one attached hydrogen (secondary N) is 2. The van der Waals surface area contributed by atoms with Crippen molar-refractivity contribution in [2.75, 3.05) is 0 Å². The Morgan fingerprint density at radius 1 is 1.23 bits per heavy atom. The van der Waals surface area contributed by atoms with Crippen LogP contribution in [0.25, 0.3) is 0 Å². The van der Waals surface area contributed by atoms with Gasteiger partial charge in [-0.3, -0.25) is 9.59 Å². The predicted octanol–water partition coefficient (Wildman–Crippen LogP) is 2.30. The summed E-state index contributed by atoms with van der Waals surface area (Å²) < 4.78 is 5.12. The minimum absolute atomic E-state index is 0.201. The van der Waals surface area contributed by atoms with Crippen LogP contribution in [0.2, 0.25) is 5.02 Å². The summed E-state index contributed by atoms with van der Waals surface area (Å²) in [4.78, 5) is 23.8. The van der Waals surface area contributed by atoms with Crippen LogP contribution in [-0.4, -0.2) is 17.9 Å². The summed E-state index contributed by atoms with van der Waals surface area (Å²) in [6, 6.07) is 9.92. The molecule has 5 nitrogen and oxygen atoms in total. The molecule has 0 fully saturated rings. The second kappa shape index (κ2) is 7.66. The number of hydrogen-bond donors (Lipinski definition) is 2. The third-order valence-corrected chi connectivity index (χ3v) is 3.32. The number of rotatable bonds is 6. The fourth-order valence-electron chi connectivity index (χ4n) is 1.89. The Morgan fingerprint density at radius 2 is 1.95 bits per heavy atom. The summed E-state index contributed by atoms with van der Waals surface area (Å²) in [7, 11) is 0. The molecular formula is C16H17ClN2O3. The third kappa shape index (κ3) is 4.93. The van der Waals surface area contributed by atoms with E-state index in [9.17, 15) is 9.59 Å². The Balaban J connectivity index is 1.77. The van der Waals surface area contributed by atoms with E-state index in [2.05, 4.69) is 10.6 Å². The van der Waals surface area contributed by atoms with Crippen LogP contribution in [0, 0.1) is 0 Å². The molecule has 0 radical (unpaired) electrons. The summed E-state index contributed by atoms with van der Waals surface area (Å²) >= 11 is 5.79. The topological polar surface area (TPSA) is 71.3 Å². The SMILES string of the molecule is C[C@@H](NC(=O)Cc1ccc(Cl)cc1)C(=O)NCc1ccco1. The zero-order chi connectivity index (χ0) is 15.9. The van der Waals surface area contributed by atoms with Crippen LogP contribution in [0.4, 0.5) is 0 Å². The minimum atomic E-state index is -0.616. The summed E-state index contributed by atoms with van der Waals surface area (Å²) in [5, 5.41) is 5.98. The summed E-state index contributed by atoms with van der Waals surface area (Å²) in [5.41, 5.74) is 0.838. The van der Waals surface area contributed by atoms with E-state index >= 15 is 0 Å². The molecule has 0 bridgehead atoms. The van der Waals surface area contributed by atoms with Crippen LogP contribution < -0.4 is 10.6 Å². The van der Waals surface area contributed by atoms with Crippen molar-refractivity contribution >= 4 is 23.4 Å². The lowest BCUT2D eigenvalue weighted by Gasteiger charge is -2.13. The molecule has 1 heterocycles. The lowest BCUT2D eigenvalue weighted by atomic mass is 10.1. The molecule has 2 N–H and O–H groups in total. The Labute approximate surface area is 133 Å². The molecule has 1 aromatic heterocycles. The number of hydrogen-bond acceptors (Lipinski definition) is 3.